The van der Waals surface area contributed by atoms with Gasteiger partial charge in [0.15, 0.2) is 0 Å². The minimum absolute atomic E-state index is 0.120. The number of para-hydroxylation sites is 1. The zero-order valence-corrected chi connectivity index (χ0v) is 16.6. The Morgan fingerprint density at radius 2 is 1.82 bits per heavy atom. The monoisotopic (exact) mass is 404 g/mol. The van der Waals surface area contributed by atoms with E-state index in [2.05, 4.69) is 0 Å². The summed E-state index contributed by atoms with van der Waals surface area (Å²) in [4.78, 5) is 14.3. The van der Waals surface area contributed by atoms with Gasteiger partial charge >= 0.3 is 0 Å². The molecule has 0 unspecified atom stereocenters. The van der Waals surface area contributed by atoms with Crippen LogP contribution in [0.5, 0.6) is 5.75 Å². The molecule has 1 aliphatic heterocycles. The van der Waals surface area contributed by atoms with Gasteiger partial charge in [0, 0.05) is 25.7 Å². The molecule has 0 bridgehead atoms. The summed E-state index contributed by atoms with van der Waals surface area (Å²) in [6.45, 7) is 2.12. The van der Waals surface area contributed by atoms with Crippen LogP contribution in [-0.2, 0) is 14.8 Å². The lowest BCUT2D eigenvalue weighted by Crippen LogP contribution is -2.40. The summed E-state index contributed by atoms with van der Waals surface area (Å²) in [5, 5.41) is 0. The molecule has 1 heterocycles. The second-order valence-corrected chi connectivity index (χ2v) is 8.37. The van der Waals surface area contributed by atoms with Gasteiger partial charge in [-0.15, -0.1) is 0 Å². The van der Waals surface area contributed by atoms with Crippen molar-refractivity contribution in [3.63, 3.8) is 0 Å². The van der Waals surface area contributed by atoms with Crippen molar-refractivity contribution in [3.8, 4) is 5.75 Å². The third-order valence-electron chi connectivity index (χ3n) is 4.47. The van der Waals surface area contributed by atoms with Crippen LogP contribution < -0.4 is 4.74 Å². The predicted octanol–water partition coefficient (Wildman–Crippen LogP) is 1.86. The van der Waals surface area contributed by atoms with Gasteiger partial charge in [0.1, 0.15) is 12.4 Å². The van der Waals surface area contributed by atoms with Gasteiger partial charge in [-0.05, 0) is 30.3 Å². The molecule has 0 spiro atoms. The largest absolute Gasteiger partial charge is 0.492 e. The van der Waals surface area contributed by atoms with E-state index in [1.54, 1.807) is 19.2 Å². The van der Waals surface area contributed by atoms with Crippen LogP contribution in [0.15, 0.2) is 59.5 Å². The highest BCUT2D eigenvalue weighted by molar-refractivity contribution is 7.89. The van der Waals surface area contributed by atoms with Gasteiger partial charge in [0.05, 0.1) is 24.7 Å². The van der Waals surface area contributed by atoms with E-state index in [4.69, 9.17) is 9.47 Å². The molecule has 0 atom stereocenters. The van der Waals surface area contributed by atoms with E-state index in [0.717, 1.165) is 5.75 Å². The van der Waals surface area contributed by atoms with E-state index in [1.165, 1.54) is 21.3 Å². The number of nitrogens with zero attached hydrogens (tertiary/aromatic N) is 2. The van der Waals surface area contributed by atoms with Gasteiger partial charge in [-0.3, -0.25) is 4.79 Å². The summed E-state index contributed by atoms with van der Waals surface area (Å²) in [5.41, 5.74) is 0.330. The topological polar surface area (TPSA) is 76.2 Å². The van der Waals surface area contributed by atoms with Crippen molar-refractivity contribution in [1.29, 1.82) is 0 Å². The standard InChI is InChI=1S/C20H24N2O5S/c1-21(10-15-27-18-7-3-2-4-8-18)20(23)17-6-5-9-19(16-17)28(24,25)22-11-13-26-14-12-22/h2-9,16H,10-15H2,1H3. The Labute approximate surface area is 165 Å². The number of hydrogen-bond acceptors (Lipinski definition) is 5. The summed E-state index contributed by atoms with van der Waals surface area (Å²) in [6.07, 6.45) is 0. The highest BCUT2D eigenvalue weighted by Gasteiger charge is 2.27. The molecule has 8 heteroatoms. The average Bonchev–Trinajstić information content (AvgIpc) is 2.74. The molecule has 0 aliphatic carbocycles. The van der Waals surface area contributed by atoms with Crippen LogP contribution >= 0.6 is 0 Å². The molecule has 0 radical (unpaired) electrons. The summed E-state index contributed by atoms with van der Waals surface area (Å²) in [5.74, 6) is 0.484. The number of sulfonamides is 1. The highest BCUT2D eigenvalue weighted by Crippen LogP contribution is 2.19. The smallest absolute Gasteiger partial charge is 0.253 e. The number of hydrogen-bond donors (Lipinski definition) is 0. The molecule has 150 valence electrons. The summed E-state index contributed by atoms with van der Waals surface area (Å²) in [6, 6.07) is 15.5. The number of benzene rings is 2. The molecular formula is C20H24N2O5S. The molecule has 1 saturated heterocycles. The fourth-order valence-electron chi connectivity index (χ4n) is 2.86. The Kier molecular flexibility index (Phi) is 6.66. The Hall–Kier alpha value is -2.42. The van der Waals surface area contributed by atoms with Crippen LogP contribution in [0.1, 0.15) is 10.4 Å². The lowest BCUT2D eigenvalue weighted by Gasteiger charge is -2.26. The molecule has 2 aromatic carbocycles. The van der Waals surface area contributed by atoms with Gasteiger partial charge in [-0.1, -0.05) is 24.3 Å². The van der Waals surface area contributed by atoms with Crippen LogP contribution in [0.4, 0.5) is 0 Å². The van der Waals surface area contributed by atoms with Crippen molar-refractivity contribution in [2.75, 3.05) is 46.5 Å². The summed E-state index contributed by atoms with van der Waals surface area (Å²) in [7, 11) is -1.97. The first-order valence-corrected chi connectivity index (χ1v) is 10.5. The van der Waals surface area contributed by atoms with E-state index in [-0.39, 0.29) is 10.8 Å². The molecule has 0 saturated carbocycles. The van der Waals surface area contributed by atoms with Gasteiger partial charge in [0.2, 0.25) is 10.0 Å². The normalized spacial score (nSPS) is 15.2. The number of amides is 1. The van der Waals surface area contributed by atoms with Crippen LogP contribution in [0.2, 0.25) is 0 Å². The van der Waals surface area contributed by atoms with Crippen molar-refractivity contribution in [2.45, 2.75) is 4.90 Å². The second kappa shape index (κ2) is 9.18. The summed E-state index contributed by atoms with van der Waals surface area (Å²) < 4.78 is 37.8. The van der Waals surface area contributed by atoms with Crippen LogP contribution in [0.3, 0.4) is 0 Å². The average molecular weight is 404 g/mol. The lowest BCUT2D eigenvalue weighted by molar-refractivity contribution is 0.0730. The minimum Gasteiger partial charge on any atom is -0.492 e. The van der Waals surface area contributed by atoms with Crippen LogP contribution in [0.25, 0.3) is 0 Å². The summed E-state index contributed by atoms with van der Waals surface area (Å²) >= 11 is 0. The fraction of sp³-hybridized carbons (Fsp3) is 0.350. The van der Waals surface area contributed by atoms with Gasteiger partial charge in [-0.2, -0.15) is 4.31 Å². The number of rotatable bonds is 7. The number of carbonyl (C=O) groups is 1. The van der Waals surface area contributed by atoms with Gasteiger partial charge in [0.25, 0.3) is 5.91 Å². The van der Waals surface area contributed by atoms with Gasteiger partial charge in [-0.25, -0.2) is 8.42 Å². The number of carbonyl (C=O) groups excluding carboxylic acids is 1. The number of morpholine rings is 1. The van der Waals surface area contributed by atoms with Crippen molar-refractivity contribution in [1.82, 2.24) is 9.21 Å². The molecule has 0 aromatic heterocycles. The molecular weight excluding hydrogens is 380 g/mol. The maximum absolute atomic E-state index is 12.8. The third kappa shape index (κ3) is 4.89. The molecule has 1 aliphatic rings. The van der Waals surface area contributed by atoms with E-state index in [1.807, 2.05) is 30.3 Å². The molecule has 7 nitrogen and oxygen atoms in total. The van der Waals surface area contributed by atoms with Crippen molar-refractivity contribution < 1.29 is 22.7 Å². The Bertz CT molecular complexity index is 896. The Morgan fingerprint density at radius 1 is 1.11 bits per heavy atom. The molecule has 2 aromatic rings. The quantitative estimate of drug-likeness (QED) is 0.704. The minimum atomic E-state index is -3.64. The van der Waals surface area contributed by atoms with Crippen LogP contribution in [-0.4, -0.2) is 70.0 Å². The Balaban J connectivity index is 1.64. The molecule has 0 N–H and O–H groups in total. The van der Waals surface area contributed by atoms with Crippen molar-refractivity contribution in [3.05, 3.63) is 60.2 Å². The lowest BCUT2D eigenvalue weighted by atomic mass is 10.2. The van der Waals surface area contributed by atoms with Gasteiger partial charge < -0.3 is 14.4 Å². The number of ether oxygens (including phenoxy) is 2. The van der Waals surface area contributed by atoms with E-state index < -0.39 is 10.0 Å². The van der Waals surface area contributed by atoms with Crippen molar-refractivity contribution >= 4 is 15.9 Å². The first kappa shape index (κ1) is 20.3. The molecule has 1 amide bonds. The molecule has 28 heavy (non-hydrogen) atoms. The fourth-order valence-corrected chi connectivity index (χ4v) is 4.32. The van der Waals surface area contributed by atoms with E-state index in [9.17, 15) is 13.2 Å². The SMILES string of the molecule is CN(CCOc1ccccc1)C(=O)c1cccc(S(=O)(=O)N2CCOCC2)c1. The molecule has 1 fully saturated rings. The predicted molar refractivity (Wildman–Crippen MR) is 105 cm³/mol. The third-order valence-corrected chi connectivity index (χ3v) is 6.37. The van der Waals surface area contributed by atoms with E-state index in [0.29, 0.717) is 45.0 Å². The zero-order valence-electron chi connectivity index (χ0n) is 15.8. The first-order chi connectivity index (χ1) is 13.5. The molecule has 3 rings (SSSR count). The Morgan fingerprint density at radius 3 is 2.54 bits per heavy atom. The zero-order chi connectivity index (χ0) is 20.0. The maximum atomic E-state index is 12.8. The van der Waals surface area contributed by atoms with Crippen LogP contribution in [0, 0.1) is 0 Å². The first-order valence-electron chi connectivity index (χ1n) is 9.10. The van der Waals surface area contributed by atoms with E-state index >= 15 is 0 Å². The second-order valence-electron chi connectivity index (χ2n) is 6.43. The highest BCUT2D eigenvalue weighted by atomic mass is 32.2. The number of likely N-dealkylation sites (N-methyl/N-ethyl adjacent to an activating group) is 1. The van der Waals surface area contributed by atoms with Crippen molar-refractivity contribution in [2.24, 2.45) is 0 Å². The maximum Gasteiger partial charge on any atom is 0.253 e.